The number of amides is 2. The summed E-state index contributed by atoms with van der Waals surface area (Å²) in [4.78, 5) is 22.1. The topological polar surface area (TPSA) is 81.4 Å². The molecule has 0 saturated heterocycles. The summed E-state index contributed by atoms with van der Waals surface area (Å²) in [6.45, 7) is 4.94. The fraction of sp³-hybridized carbons (Fsp3) is 0.846. The Bertz CT molecular complexity index is 303. The fourth-order valence-corrected chi connectivity index (χ4v) is 2.58. The summed E-state index contributed by atoms with van der Waals surface area (Å²) < 4.78 is 4.55. The molecule has 0 aromatic heterocycles. The van der Waals surface area contributed by atoms with Crippen LogP contribution < -0.4 is 11.1 Å². The number of primary amides is 1. The third kappa shape index (κ3) is 4.94. The minimum Gasteiger partial charge on any atom is -0.448 e. The average Bonchev–Trinajstić information content (AvgIpc) is 2.27. The Morgan fingerprint density at radius 2 is 2.11 bits per heavy atom. The van der Waals surface area contributed by atoms with E-state index in [1.165, 1.54) is 19.3 Å². The van der Waals surface area contributed by atoms with Crippen LogP contribution in [-0.2, 0) is 9.53 Å². The van der Waals surface area contributed by atoms with Gasteiger partial charge in [0.05, 0.1) is 6.54 Å². The highest BCUT2D eigenvalue weighted by atomic mass is 16.5. The van der Waals surface area contributed by atoms with Crippen LogP contribution >= 0.6 is 0 Å². The van der Waals surface area contributed by atoms with Crippen LogP contribution in [0.4, 0.5) is 4.79 Å². The van der Waals surface area contributed by atoms with Crippen LogP contribution in [0.25, 0.3) is 0 Å². The smallest absolute Gasteiger partial charge is 0.404 e. The van der Waals surface area contributed by atoms with Crippen molar-refractivity contribution in [2.75, 3.05) is 13.2 Å². The third-order valence-corrected chi connectivity index (χ3v) is 3.83. The van der Waals surface area contributed by atoms with Crippen molar-refractivity contribution in [3.05, 3.63) is 0 Å². The zero-order valence-corrected chi connectivity index (χ0v) is 11.3. The predicted molar refractivity (Wildman–Crippen MR) is 68.9 cm³/mol. The van der Waals surface area contributed by atoms with Gasteiger partial charge in [-0.3, -0.25) is 4.79 Å². The normalized spacial score (nSPS) is 22.2. The van der Waals surface area contributed by atoms with E-state index < -0.39 is 6.09 Å². The molecule has 1 rings (SSSR count). The second-order valence-corrected chi connectivity index (χ2v) is 5.65. The van der Waals surface area contributed by atoms with E-state index in [1.807, 2.05) is 0 Å². The quantitative estimate of drug-likeness (QED) is 0.736. The van der Waals surface area contributed by atoms with E-state index in [0.717, 1.165) is 6.42 Å². The van der Waals surface area contributed by atoms with Gasteiger partial charge >= 0.3 is 6.09 Å². The van der Waals surface area contributed by atoms with Gasteiger partial charge in [-0.25, -0.2) is 4.79 Å². The predicted octanol–water partition coefficient (Wildman–Crippen LogP) is 1.80. The molecular formula is C13H24N2O3. The van der Waals surface area contributed by atoms with Crippen LogP contribution in [0, 0.1) is 11.3 Å². The molecule has 0 aromatic rings. The maximum Gasteiger partial charge on any atom is 0.404 e. The molecule has 1 aliphatic rings. The van der Waals surface area contributed by atoms with Crippen LogP contribution in [-0.4, -0.2) is 25.2 Å². The van der Waals surface area contributed by atoms with Gasteiger partial charge in [0.15, 0.2) is 0 Å². The molecule has 1 atom stereocenters. The molecule has 0 bridgehead atoms. The lowest BCUT2D eigenvalue weighted by Crippen LogP contribution is -2.35. The van der Waals surface area contributed by atoms with Crippen molar-refractivity contribution in [2.24, 2.45) is 17.1 Å². The highest BCUT2D eigenvalue weighted by Gasteiger charge is 2.33. The molecule has 104 valence electrons. The molecule has 2 amide bonds. The molecule has 3 N–H and O–H groups in total. The number of nitrogens with two attached hydrogens (primary N) is 1. The van der Waals surface area contributed by atoms with E-state index in [-0.39, 0.29) is 17.9 Å². The molecule has 0 spiro atoms. The van der Waals surface area contributed by atoms with Crippen molar-refractivity contribution in [1.82, 2.24) is 5.32 Å². The SMILES string of the molecule is CC1(C)CCCCC1CC(=O)NCCOC(N)=O. The van der Waals surface area contributed by atoms with Crippen LogP contribution in [0.5, 0.6) is 0 Å². The van der Waals surface area contributed by atoms with Gasteiger partial charge in [-0.15, -0.1) is 0 Å². The molecule has 1 saturated carbocycles. The summed E-state index contributed by atoms with van der Waals surface area (Å²) in [7, 11) is 0. The summed E-state index contributed by atoms with van der Waals surface area (Å²) in [5.41, 5.74) is 5.07. The van der Waals surface area contributed by atoms with E-state index in [0.29, 0.717) is 18.9 Å². The Morgan fingerprint density at radius 3 is 2.72 bits per heavy atom. The molecule has 1 unspecified atom stereocenters. The Balaban J connectivity index is 2.24. The Morgan fingerprint density at radius 1 is 1.39 bits per heavy atom. The van der Waals surface area contributed by atoms with Crippen molar-refractivity contribution in [2.45, 2.75) is 46.0 Å². The van der Waals surface area contributed by atoms with E-state index in [4.69, 9.17) is 5.73 Å². The van der Waals surface area contributed by atoms with Gasteiger partial charge in [-0.05, 0) is 24.2 Å². The van der Waals surface area contributed by atoms with Crippen molar-refractivity contribution < 1.29 is 14.3 Å². The first kappa shape index (κ1) is 14.8. The first-order valence-corrected chi connectivity index (χ1v) is 6.61. The highest BCUT2D eigenvalue weighted by molar-refractivity contribution is 5.76. The number of carbonyl (C=O) groups excluding carboxylic acids is 2. The number of ether oxygens (including phenoxy) is 1. The number of hydrogen-bond donors (Lipinski definition) is 2. The molecule has 1 fully saturated rings. The average molecular weight is 256 g/mol. The highest BCUT2D eigenvalue weighted by Crippen LogP contribution is 2.42. The van der Waals surface area contributed by atoms with Gasteiger partial charge in [0.2, 0.25) is 5.91 Å². The third-order valence-electron chi connectivity index (χ3n) is 3.83. The summed E-state index contributed by atoms with van der Waals surface area (Å²) in [6.07, 6.45) is 4.54. The minimum atomic E-state index is -0.808. The van der Waals surface area contributed by atoms with Crippen LogP contribution in [0.2, 0.25) is 0 Å². The van der Waals surface area contributed by atoms with Gasteiger partial charge in [-0.1, -0.05) is 26.7 Å². The summed E-state index contributed by atoms with van der Waals surface area (Å²) in [5, 5.41) is 2.75. The van der Waals surface area contributed by atoms with Gasteiger partial charge < -0.3 is 15.8 Å². The first-order chi connectivity index (χ1) is 8.42. The van der Waals surface area contributed by atoms with Gasteiger partial charge in [0, 0.05) is 6.42 Å². The van der Waals surface area contributed by atoms with Crippen molar-refractivity contribution in [1.29, 1.82) is 0 Å². The Labute approximate surface area is 108 Å². The lowest BCUT2D eigenvalue weighted by atomic mass is 9.67. The largest absolute Gasteiger partial charge is 0.448 e. The zero-order chi connectivity index (χ0) is 13.6. The molecular weight excluding hydrogens is 232 g/mol. The van der Waals surface area contributed by atoms with Crippen molar-refractivity contribution in [3.8, 4) is 0 Å². The van der Waals surface area contributed by atoms with Crippen LogP contribution in [0.1, 0.15) is 46.0 Å². The maximum atomic E-state index is 11.8. The van der Waals surface area contributed by atoms with E-state index in [2.05, 4.69) is 23.9 Å². The van der Waals surface area contributed by atoms with Crippen LogP contribution in [0.15, 0.2) is 0 Å². The van der Waals surface area contributed by atoms with Crippen LogP contribution in [0.3, 0.4) is 0 Å². The standard InChI is InChI=1S/C13H24N2O3/c1-13(2)6-4-3-5-10(13)9-11(16)15-7-8-18-12(14)17/h10H,3-9H2,1-2H3,(H2,14,17)(H,15,16). The number of hydrogen-bond acceptors (Lipinski definition) is 3. The summed E-state index contributed by atoms with van der Waals surface area (Å²) in [5.74, 6) is 0.478. The summed E-state index contributed by atoms with van der Waals surface area (Å²) >= 11 is 0. The lowest BCUT2D eigenvalue weighted by molar-refractivity contribution is -0.123. The van der Waals surface area contributed by atoms with Gasteiger partial charge in [-0.2, -0.15) is 0 Å². The van der Waals surface area contributed by atoms with Crippen molar-refractivity contribution >= 4 is 12.0 Å². The molecule has 1 aliphatic carbocycles. The van der Waals surface area contributed by atoms with E-state index in [9.17, 15) is 9.59 Å². The molecule has 0 heterocycles. The number of nitrogens with one attached hydrogen (secondary N) is 1. The maximum absolute atomic E-state index is 11.8. The first-order valence-electron chi connectivity index (χ1n) is 6.61. The Kier molecular flexibility index (Phi) is 5.44. The molecule has 5 heteroatoms. The second-order valence-electron chi connectivity index (χ2n) is 5.65. The molecule has 18 heavy (non-hydrogen) atoms. The molecule has 0 radical (unpaired) electrons. The molecule has 5 nitrogen and oxygen atoms in total. The van der Waals surface area contributed by atoms with Gasteiger partial charge in [0.25, 0.3) is 0 Å². The fourth-order valence-electron chi connectivity index (χ4n) is 2.58. The molecule has 0 aromatic carbocycles. The van der Waals surface area contributed by atoms with E-state index in [1.54, 1.807) is 0 Å². The Hall–Kier alpha value is -1.26. The monoisotopic (exact) mass is 256 g/mol. The second kappa shape index (κ2) is 6.61. The minimum absolute atomic E-state index is 0.0306. The molecule has 0 aliphatic heterocycles. The zero-order valence-electron chi connectivity index (χ0n) is 11.3. The number of carbonyl (C=O) groups is 2. The van der Waals surface area contributed by atoms with Gasteiger partial charge in [0.1, 0.15) is 6.61 Å². The van der Waals surface area contributed by atoms with E-state index >= 15 is 0 Å². The summed E-state index contributed by atoms with van der Waals surface area (Å²) in [6, 6.07) is 0. The number of rotatable bonds is 5. The lowest BCUT2D eigenvalue weighted by Gasteiger charge is -2.38. The van der Waals surface area contributed by atoms with Crippen molar-refractivity contribution in [3.63, 3.8) is 0 Å².